The van der Waals surface area contributed by atoms with Gasteiger partial charge in [-0.3, -0.25) is 4.79 Å². The fourth-order valence-corrected chi connectivity index (χ4v) is 3.32. The van der Waals surface area contributed by atoms with E-state index in [0.29, 0.717) is 17.0 Å². The van der Waals surface area contributed by atoms with E-state index in [1.54, 1.807) is 36.8 Å². The monoisotopic (exact) mass is 388 g/mol. The first kappa shape index (κ1) is 16.0. The number of aromatic nitrogens is 2. The number of nitrogens with zero attached hydrogens (tertiary/aromatic N) is 1. The maximum atomic E-state index is 12.7. The lowest BCUT2D eigenvalue weighted by Crippen LogP contribution is -2.10. The molecule has 3 nitrogen and oxygen atoms in total. The van der Waals surface area contributed by atoms with Crippen LogP contribution in [-0.4, -0.2) is 15.8 Å². The van der Waals surface area contributed by atoms with Crippen LogP contribution in [0.4, 0.5) is 0 Å². The number of ketones is 1. The zero-order valence-electron chi connectivity index (χ0n) is 12.2. The summed E-state index contributed by atoms with van der Waals surface area (Å²) in [5.41, 5.74) is 2.58. The first-order valence-corrected chi connectivity index (χ1v) is 8.33. The van der Waals surface area contributed by atoms with Crippen LogP contribution in [-0.2, 0) is 0 Å². The van der Waals surface area contributed by atoms with Gasteiger partial charge in [0.1, 0.15) is 0 Å². The standard InChI is InChI=1S/C18H14BrClN2O/c19-16-7-2-1-6-14(16)15(17-10-21-11-22-17)9-18(23)12-4-3-5-13(20)8-12/h1-8,10-11,15H,9H2,(H,21,22). The second-order valence-corrected chi connectivity index (χ2v) is 6.51. The van der Waals surface area contributed by atoms with Gasteiger partial charge in [-0.05, 0) is 23.8 Å². The molecule has 1 N–H and O–H groups in total. The molecule has 0 spiro atoms. The SMILES string of the molecule is O=C(CC(c1cnc[nH]1)c1ccccc1Br)c1cccc(Cl)c1. The predicted octanol–water partition coefficient (Wildman–Crippen LogP) is 5.23. The van der Waals surface area contributed by atoms with Crippen molar-refractivity contribution >= 4 is 33.3 Å². The molecule has 0 fully saturated rings. The minimum atomic E-state index is -0.0976. The van der Waals surface area contributed by atoms with E-state index in [1.807, 2.05) is 24.3 Å². The second-order valence-electron chi connectivity index (χ2n) is 5.22. The molecule has 0 aliphatic heterocycles. The van der Waals surface area contributed by atoms with E-state index in [9.17, 15) is 4.79 Å². The molecule has 0 radical (unpaired) electrons. The van der Waals surface area contributed by atoms with Gasteiger partial charge in [0.15, 0.2) is 5.78 Å². The van der Waals surface area contributed by atoms with E-state index in [2.05, 4.69) is 25.9 Å². The van der Waals surface area contributed by atoms with Crippen LogP contribution in [0.25, 0.3) is 0 Å². The summed E-state index contributed by atoms with van der Waals surface area (Å²) in [5.74, 6) is -0.0533. The molecule has 5 heteroatoms. The van der Waals surface area contributed by atoms with Crippen molar-refractivity contribution in [2.75, 3.05) is 0 Å². The molecule has 3 aromatic rings. The fraction of sp³-hybridized carbons (Fsp3) is 0.111. The Hall–Kier alpha value is -1.91. The van der Waals surface area contributed by atoms with Crippen LogP contribution in [0.1, 0.15) is 34.0 Å². The van der Waals surface area contributed by atoms with Crippen molar-refractivity contribution in [3.63, 3.8) is 0 Å². The summed E-state index contributed by atoms with van der Waals surface area (Å²) in [7, 11) is 0. The lowest BCUT2D eigenvalue weighted by molar-refractivity contribution is 0.0977. The summed E-state index contributed by atoms with van der Waals surface area (Å²) in [6.45, 7) is 0. The zero-order chi connectivity index (χ0) is 16.2. The third-order valence-corrected chi connectivity index (χ3v) is 4.67. The Labute approximate surface area is 147 Å². The van der Waals surface area contributed by atoms with Crippen molar-refractivity contribution in [3.8, 4) is 0 Å². The number of aromatic amines is 1. The predicted molar refractivity (Wildman–Crippen MR) is 95.0 cm³/mol. The van der Waals surface area contributed by atoms with Gasteiger partial charge < -0.3 is 4.98 Å². The molecular weight excluding hydrogens is 376 g/mol. The van der Waals surface area contributed by atoms with Crippen molar-refractivity contribution in [2.24, 2.45) is 0 Å². The molecule has 1 aromatic heterocycles. The molecule has 116 valence electrons. The largest absolute Gasteiger partial charge is 0.348 e. The minimum absolute atomic E-state index is 0.0443. The molecule has 0 amide bonds. The third-order valence-electron chi connectivity index (χ3n) is 3.71. The van der Waals surface area contributed by atoms with Crippen LogP contribution in [0.5, 0.6) is 0 Å². The zero-order valence-corrected chi connectivity index (χ0v) is 14.5. The highest BCUT2D eigenvalue weighted by atomic mass is 79.9. The van der Waals surface area contributed by atoms with Gasteiger partial charge in [0.2, 0.25) is 0 Å². The molecule has 1 heterocycles. The Morgan fingerprint density at radius 2 is 2.04 bits per heavy atom. The van der Waals surface area contributed by atoms with Crippen LogP contribution in [0, 0.1) is 0 Å². The number of hydrogen-bond donors (Lipinski definition) is 1. The molecular formula is C18H14BrClN2O. The molecule has 23 heavy (non-hydrogen) atoms. The summed E-state index contributed by atoms with van der Waals surface area (Å²) in [4.78, 5) is 19.9. The van der Waals surface area contributed by atoms with E-state index in [1.165, 1.54) is 0 Å². The molecule has 2 aromatic carbocycles. The summed E-state index contributed by atoms with van der Waals surface area (Å²) in [6.07, 6.45) is 3.73. The highest BCUT2D eigenvalue weighted by molar-refractivity contribution is 9.10. The number of H-pyrrole nitrogens is 1. The van der Waals surface area contributed by atoms with Gasteiger partial charge in [0, 0.05) is 39.3 Å². The van der Waals surface area contributed by atoms with Crippen molar-refractivity contribution in [1.29, 1.82) is 0 Å². The van der Waals surface area contributed by atoms with Crippen molar-refractivity contribution in [2.45, 2.75) is 12.3 Å². The van der Waals surface area contributed by atoms with Gasteiger partial charge in [0.05, 0.1) is 6.33 Å². The van der Waals surface area contributed by atoms with Gasteiger partial charge in [-0.1, -0.05) is 57.9 Å². The Balaban J connectivity index is 1.94. The molecule has 0 aliphatic carbocycles. The highest BCUT2D eigenvalue weighted by Gasteiger charge is 2.22. The number of rotatable bonds is 5. The number of carbonyl (C=O) groups is 1. The molecule has 0 saturated heterocycles. The Morgan fingerprint density at radius 1 is 1.22 bits per heavy atom. The van der Waals surface area contributed by atoms with Crippen LogP contribution in [0.2, 0.25) is 5.02 Å². The number of nitrogens with one attached hydrogen (secondary N) is 1. The maximum absolute atomic E-state index is 12.7. The number of imidazole rings is 1. The van der Waals surface area contributed by atoms with E-state index in [0.717, 1.165) is 15.7 Å². The van der Waals surface area contributed by atoms with Crippen LogP contribution in [0.15, 0.2) is 65.5 Å². The molecule has 1 atom stereocenters. The average molecular weight is 390 g/mol. The Morgan fingerprint density at radius 3 is 2.74 bits per heavy atom. The number of hydrogen-bond acceptors (Lipinski definition) is 2. The van der Waals surface area contributed by atoms with Crippen molar-refractivity contribution in [3.05, 3.63) is 87.4 Å². The molecule has 0 saturated carbocycles. The first-order valence-electron chi connectivity index (χ1n) is 7.16. The van der Waals surface area contributed by atoms with Gasteiger partial charge in [0.25, 0.3) is 0 Å². The lowest BCUT2D eigenvalue weighted by Gasteiger charge is -2.17. The topological polar surface area (TPSA) is 45.8 Å². The second kappa shape index (κ2) is 7.11. The molecule has 1 unspecified atom stereocenters. The van der Waals surface area contributed by atoms with Crippen molar-refractivity contribution < 1.29 is 4.79 Å². The average Bonchev–Trinajstić information content (AvgIpc) is 3.07. The Bertz CT molecular complexity index is 817. The summed E-state index contributed by atoms with van der Waals surface area (Å²) >= 11 is 9.56. The summed E-state index contributed by atoms with van der Waals surface area (Å²) < 4.78 is 0.971. The van der Waals surface area contributed by atoms with Crippen LogP contribution < -0.4 is 0 Å². The number of Topliss-reactive ketones (excluding diaryl/α,β-unsaturated/α-hetero) is 1. The van der Waals surface area contributed by atoms with Gasteiger partial charge in [-0.15, -0.1) is 0 Å². The smallest absolute Gasteiger partial charge is 0.163 e. The maximum Gasteiger partial charge on any atom is 0.163 e. The van der Waals surface area contributed by atoms with E-state index in [-0.39, 0.29) is 11.7 Å². The summed E-state index contributed by atoms with van der Waals surface area (Å²) in [6, 6.07) is 15.0. The first-order chi connectivity index (χ1) is 11.1. The number of halogens is 2. The normalized spacial score (nSPS) is 12.1. The van der Waals surface area contributed by atoms with Crippen LogP contribution in [0.3, 0.4) is 0 Å². The van der Waals surface area contributed by atoms with Crippen LogP contribution >= 0.6 is 27.5 Å². The molecule has 0 bridgehead atoms. The highest BCUT2D eigenvalue weighted by Crippen LogP contribution is 2.33. The minimum Gasteiger partial charge on any atom is -0.348 e. The Kier molecular flexibility index (Phi) is 4.94. The van der Waals surface area contributed by atoms with E-state index in [4.69, 9.17) is 11.6 Å². The van der Waals surface area contributed by atoms with E-state index < -0.39 is 0 Å². The lowest BCUT2D eigenvalue weighted by atomic mass is 9.89. The number of benzene rings is 2. The van der Waals surface area contributed by atoms with Gasteiger partial charge >= 0.3 is 0 Å². The van der Waals surface area contributed by atoms with Gasteiger partial charge in [-0.25, -0.2) is 4.98 Å². The fourth-order valence-electron chi connectivity index (χ4n) is 2.57. The molecule has 3 rings (SSSR count). The third kappa shape index (κ3) is 3.71. The van der Waals surface area contributed by atoms with E-state index >= 15 is 0 Å². The quantitative estimate of drug-likeness (QED) is 0.607. The summed E-state index contributed by atoms with van der Waals surface area (Å²) in [5, 5.41) is 0.565. The number of carbonyl (C=O) groups excluding carboxylic acids is 1. The van der Waals surface area contributed by atoms with Gasteiger partial charge in [-0.2, -0.15) is 0 Å². The van der Waals surface area contributed by atoms with Crippen molar-refractivity contribution in [1.82, 2.24) is 9.97 Å². The molecule has 0 aliphatic rings.